The Labute approximate surface area is 103 Å². The Balaban J connectivity index is 2.05. The van der Waals surface area contributed by atoms with E-state index in [1.165, 1.54) is 5.69 Å². The van der Waals surface area contributed by atoms with Crippen LogP contribution in [0.1, 0.15) is 23.7 Å². The number of carbonyl (C=O) groups is 1. The average molecular weight is 232 g/mol. The van der Waals surface area contributed by atoms with Crippen molar-refractivity contribution in [2.75, 3.05) is 38.1 Å². The van der Waals surface area contributed by atoms with Gasteiger partial charge in [-0.15, -0.1) is 0 Å². The highest BCUT2D eigenvalue weighted by Gasteiger charge is 2.14. The molecule has 3 heteroatoms. The van der Waals surface area contributed by atoms with Gasteiger partial charge in [0, 0.05) is 43.9 Å². The number of anilines is 1. The Bertz CT molecular complexity index is 378. The highest BCUT2D eigenvalue weighted by Crippen LogP contribution is 2.17. The standard InChI is InChI=1S/C14H20N2O/c1-3-14(17)12-4-6-13(7-5-12)16-10-8-15(2)9-11-16/h4-7H,3,8-11H2,1-2H3. The number of benzene rings is 1. The van der Waals surface area contributed by atoms with Gasteiger partial charge in [-0.25, -0.2) is 0 Å². The zero-order chi connectivity index (χ0) is 12.3. The molecule has 0 atom stereocenters. The Morgan fingerprint density at radius 1 is 1.12 bits per heavy atom. The molecule has 0 saturated carbocycles. The summed E-state index contributed by atoms with van der Waals surface area (Å²) in [5.41, 5.74) is 2.05. The van der Waals surface area contributed by atoms with Crippen LogP contribution in [-0.4, -0.2) is 43.9 Å². The van der Waals surface area contributed by atoms with Crippen LogP contribution in [0.3, 0.4) is 0 Å². The second-order valence-corrected chi connectivity index (χ2v) is 4.61. The summed E-state index contributed by atoms with van der Waals surface area (Å²) in [5.74, 6) is 0.218. The topological polar surface area (TPSA) is 23.6 Å². The van der Waals surface area contributed by atoms with Crippen molar-refractivity contribution in [3.8, 4) is 0 Å². The molecule has 92 valence electrons. The van der Waals surface area contributed by atoms with E-state index in [-0.39, 0.29) is 5.78 Å². The molecule has 0 aliphatic carbocycles. The summed E-state index contributed by atoms with van der Waals surface area (Å²) in [7, 11) is 2.15. The van der Waals surface area contributed by atoms with Gasteiger partial charge in [0.05, 0.1) is 0 Å². The maximum Gasteiger partial charge on any atom is 0.162 e. The molecule has 17 heavy (non-hydrogen) atoms. The van der Waals surface area contributed by atoms with Gasteiger partial charge in [0.2, 0.25) is 0 Å². The van der Waals surface area contributed by atoms with E-state index in [2.05, 4.69) is 29.0 Å². The lowest BCUT2D eigenvalue weighted by Gasteiger charge is -2.34. The van der Waals surface area contributed by atoms with Gasteiger partial charge >= 0.3 is 0 Å². The van der Waals surface area contributed by atoms with Gasteiger partial charge in [-0.2, -0.15) is 0 Å². The van der Waals surface area contributed by atoms with E-state index in [9.17, 15) is 4.79 Å². The van der Waals surface area contributed by atoms with Crippen LogP contribution >= 0.6 is 0 Å². The Morgan fingerprint density at radius 2 is 1.71 bits per heavy atom. The number of hydrogen-bond acceptors (Lipinski definition) is 3. The van der Waals surface area contributed by atoms with Gasteiger partial charge in [-0.3, -0.25) is 4.79 Å². The molecule has 1 aliphatic heterocycles. The second-order valence-electron chi connectivity index (χ2n) is 4.61. The number of likely N-dealkylation sites (N-methyl/N-ethyl adjacent to an activating group) is 1. The minimum absolute atomic E-state index is 0.218. The summed E-state index contributed by atoms with van der Waals surface area (Å²) in [5, 5.41) is 0. The van der Waals surface area contributed by atoms with Gasteiger partial charge in [-0.1, -0.05) is 6.92 Å². The number of hydrogen-bond donors (Lipinski definition) is 0. The summed E-state index contributed by atoms with van der Waals surface area (Å²) >= 11 is 0. The van der Waals surface area contributed by atoms with Crippen LogP contribution in [0.15, 0.2) is 24.3 Å². The van der Waals surface area contributed by atoms with Crippen molar-refractivity contribution in [2.24, 2.45) is 0 Å². The normalized spacial score (nSPS) is 17.2. The van der Waals surface area contributed by atoms with Crippen molar-refractivity contribution in [1.29, 1.82) is 0 Å². The van der Waals surface area contributed by atoms with Crippen molar-refractivity contribution < 1.29 is 4.79 Å². The maximum atomic E-state index is 11.5. The minimum atomic E-state index is 0.218. The lowest BCUT2D eigenvalue weighted by molar-refractivity contribution is 0.0988. The molecule has 0 radical (unpaired) electrons. The molecule has 1 aromatic carbocycles. The third kappa shape index (κ3) is 2.86. The van der Waals surface area contributed by atoms with Crippen molar-refractivity contribution in [1.82, 2.24) is 4.90 Å². The van der Waals surface area contributed by atoms with Crippen LogP contribution in [-0.2, 0) is 0 Å². The number of rotatable bonds is 3. The van der Waals surface area contributed by atoms with Gasteiger partial charge in [0.25, 0.3) is 0 Å². The smallest absolute Gasteiger partial charge is 0.162 e. The molecular weight excluding hydrogens is 212 g/mol. The molecule has 0 spiro atoms. The van der Waals surface area contributed by atoms with Crippen molar-refractivity contribution in [3.05, 3.63) is 29.8 Å². The van der Waals surface area contributed by atoms with E-state index < -0.39 is 0 Å². The number of nitrogens with zero attached hydrogens (tertiary/aromatic N) is 2. The van der Waals surface area contributed by atoms with Crippen LogP contribution in [0.25, 0.3) is 0 Å². The maximum absolute atomic E-state index is 11.5. The molecular formula is C14H20N2O. The van der Waals surface area contributed by atoms with Gasteiger partial charge in [-0.05, 0) is 31.3 Å². The Kier molecular flexibility index (Phi) is 3.79. The molecule has 0 N–H and O–H groups in total. The summed E-state index contributed by atoms with van der Waals surface area (Å²) in [4.78, 5) is 16.2. The third-order valence-corrected chi connectivity index (χ3v) is 3.38. The molecule has 2 rings (SSSR count). The fourth-order valence-electron chi connectivity index (χ4n) is 2.13. The molecule has 0 unspecified atom stereocenters. The van der Waals surface area contributed by atoms with Crippen LogP contribution in [0.2, 0.25) is 0 Å². The summed E-state index contributed by atoms with van der Waals surface area (Å²) in [6.07, 6.45) is 0.577. The number of ketones is 1. The molecule has 1 aromatic rings. The molecule has 0 aromatic heterocycles. The molecule has 1 saturated heterocycles. The van der Waals surface area contributed by atoms with E-state index in [0.29, 0.717) is 6.42 Å². The highest BCUT2D eigenvalue weighted by atomic mass is 16.1. The summed E-state index contributed by atoms with van der Waals surface area (Å²) < 4.78 is 0. The Hall–Kier alpha value is -1.35. The van der Waals surface area contributed by atoms with Crippen molar-refractivity contribution >= 4 is 11.5 Å². The van der Waals surface area contributed by atoms with Crippen LogP contribution in [0, 0.1) is 0 Å². The lowest BCUT2D eigenvalue weighted by Crippen LogP contribution is -2.44. The van der Waals surface area contributed by atoms with Crippen LogP contribution < -0.4 is 4.90 Å². The zero-order valence-electron chi connectivity index (χ0n) is 10.6. The summed E-state index contributed by atoms with van der Waals surface area (Å²) in [6.45, 7) is 6.25. The average Bonchev–Trinajstić information content (AvgIpc) is 2.39. The zero-order valence-corrected chi connectivity index (χ0v) is 10.6. The minimum Gasteiger partial charge on any atom is -0.369 e. The fourth-order valence-corrected chi connectivity index (χ4v) is 2.13. The SMILES string of the molecule is CCC(=O)c1ccc(N2CCN(C)CC2)cc1. The first kappa shape index (κ1) is 12.1. The van der Waals surface area contributed by atoms with Gasteiger partial charge in [0.1, 0.15) is 0 Å². The predicted molar refractivity (Wildman–Crippen MR) is 70.8 cm³/mol. The van der Waals surface area contributed by atoms with Gasteiger partial charge in [0.15, 0.2) is 5.78 Å². The number of piperazine rings is 1. The van der Waals surface area contributed by atoms with E-state index in [4.69, 9.17) is 0 Å². The van der Waals surface area contributed by atoms with Gasteiger partial charge < -0.3 is 9.80 Å². The first-order chi connectivity index (χ1) is 8.20. The van der Waals surface area contributed by atoms with E-state index in [1.807, 2.05) is 19.1 Å². The monoisotopic (exact) mass is 232 g/mol. The van der Waals surface area contributed by atoms with Crippen molar-refractivity contribution in [2.45, 2.75) is 13.3 Å². The van der Waals surface area contributed by atoms with E-state index in [0.717, 1.165) is 31.7 Å². The van der Waals surface area contributed by atoms with Crippen LogP contribution in [0.4, 0.5) is 5.69 Å². The van der Waals surface area contributed by atoms with E-state index >= 15 is 0 Å². The first-order valence-electron chi connectivity index (χ1n) is 6.27. The molecule has 1 heterocycles. The molecule has 1 fully saturated rings. The van der Waals surface area contributed by atoms with Crippen LogP contribution in [0.5, 0.6) is 0 Å². The third-order valence-electron chi connectivity index (χ3n) is 3.38. The molecule has 0 bridgehead atoms. The molecule has 0 amide bonds. The second kappa shape index (κ2) is 5.32. The first-order valence-corrected chi connectivity index (χ1v) is 6.27. The quantitative estimate of drug-likeness (QED) is 0.745. The summed E-state index contributed by atoms with van der Waals surface area (Å²) in [6, 6.07) is 8.02. The number of Topliss-reactive ketones (excluding diaryl/α,β-unsaturated/α-hetero) is 1. The van der Waals surface area contributed by atoms with Crippen molar-refractivity contribution in [3.63, 3.8) is 0 Å². The predicted octanol–water partition coefficient (Wildman–Crippen LogP) is 2.03. The molecule has 1 aliphatic rings. The lowest BCUT2D eigenvalue weighted by atomic mass is 10.1. The fraction of sp³-hybridized carbons (Fsp3) is 0.500. The number of carbonyl (C=O) groups excluding carboxylic acids is 1. The van der Waals surface area contributed by atoms with E-state index in [1.54, 1.807) is 0 Å². The highest BCUT2D eigenvalue weighted by molar-refractivity contribution is 5.96. The molecule has 3 nitrogen and oxygen atoms in total. The Morgan fingerprint density at radius 3 is 2.24 bits per heavy atom. The largest absolute Gasteiger partial charge is 0.369 e.